The van der Waals surface area contributed by atoms with Crippen LogP contribution in [0.1, 0.15) is 6.92 Å². The first-order chi connectivity index (χ1) is 7.81. The van der Waals surface area contributed by atoms with Crippen molar-refractivity contribution in [1.29, 1.82) is 0 Å². The molecule has 1 N–H and O–H groups in total. The van der Waals surface area contributed by atoms with Crippen LogP contribution in [0.25, 0.3) is 11.0 Å². The zero-order valence-electron chi connectivity index (χ0n) is 8.77. The van der Waals surface area contributed by atoms with Gasteiger partial charge in [-0.15, -0.1) is 0 Å². The third-order valence-corrected chi connectivity index (χ3v) is 3.14. The van der Waals surface area contributed by atoms with E-state index in [4.69, 9.17) is 4.74 Å². The van der Waals surface area contributed by atoms with Crippen molar-refractivity contribution in [2.45, 2.75) is 6.92 Å². The molecule has 0 spiro atoms. The van der Waals surface area contributed by atoms with E-state index < -0.39 is 0 Å². The standard InChI is InChI=1S/C10H11N3O2Se/c1-2-15-6-9(14)11-7-4-3-5-8-10(7)13-16-12-8/h3-5H,2,6H2,1H3,(H,11,14). The van der Waals surface area contributed by atoms with Gasteiger partial charge in [-0.25, -0.2) is 0 Å². The number of hydrogen-bond acceptors (Lipinski definition) is 4. The molecule has 2 aromatic rings. The third kappa shape index (κ3) is 2.47. The van der Waals surface area contributed by atoms with E-state index in [1.54, 1.807) is 0 Å². The number of carbonyl (C=O) groups excluding carboxylic acids is 1. The van der Waals surface area contributed by atoms with Gasteiger partial charge in [-0.3, -0.25) is 0 Å². The third-order valence-electron chi connectivity index (χ3n) is 2.00. The van der Waals surface area contributed by atoms with Crippen molar-refractivity contribution in [1.82, 2.24) is 7.96 Å². The number of rotatable bonds is 4. The maximum atomic E-state index is 11.5. The second kappa shape index (κ2) is 5.20. The van der Waals surface area contributed by atoms with Crippen molar-refractivity contribution < 1.29 is 9.53 Å². The molecule has 16 heavy (non-hydrogen) atoms. The number of benzene rings is 1. The average Bonchev–Trinajstić information content (AvgIpc) is 2.75. The maximum absolute atomic E-state index is 11.5. The molecule has 1 heterocycles. The second-order valence-corrected chi connectivity index (χ2v) is 4.23. The molecule has 0 radical (unpaired) electrons. The first kappa shape index (κ1) is 11.3. The SMILES string of the molecule is CCOCC(=O)Nc1cccc2n[se]nc12. The molecular weight excluding hydrogens is 273 g/mol. The Morgan fingerprint density at radius 1 is 1.50 bits per heavy atom. The molecule has 5 nitrogen and oxygen atoms in total. The van der Waals surface area contributed by atoms with Crippen LogP contribution in [-0.4, -0.2) is 42.0 Å². The summed E-state index contributed by atoms with van der Waals surface area (Å²) in [5.41, 5.74) is 2.35. The van der Waals surface area contributed by atoms with Gasteiger partial charge in [0.25, 0.3) is 0 Å². The molecule has 84 valence electrons. The number of anilines is 1. The second-order valence-electron chi connectivity index (χ2n) is 3.12. The fourth-order valence-corrected chi connectivity index (χ4v) is 2.44. The van der Waals surface area contributed by atoms with Crippen molar-refractivity contribution in [3.63, 3.8) is 0 Å². The number of ether oxygens (including phenoxy) is 1. The van der Waals surface area contributed by atoms with Crippen molar-refractivity contribution in [2.24, 2.45) is 0 Å². The van der Waals surface area contributed by atoms with Crippen molar-refractivity contribution >= 4 is 37.6 Å². The van der Waals surface area contributed by atoms with Gasteiger partial charge in [0, 0.05) is 0 Å². The van der Waals surface area contributed by atoms with Gasteiger partial charge in [-0.1, -0.05) is 0 Å². The Bertz CT molecular complexity index is 498. The van der Waals surface area contributed by atoms with Gasteiger partial charge in [-0.2, -0.15) is 0 Å². The Hall–Kier alpha value is -1.23. The molecule has 6 heteroatoms. The summed E-state index contributed by atoms with van der Waals surface area (Å²) < 4.78 is 13.5. The van der Waals surface area contributed by atoms with Crippen LogP contribution < -0.4 is 5.32 Å². The summed E-state index contributed by atoms with van der Waals surface area (Å²) in [4.78, 5) is 11.5. The predicted octanol–water partition coefficient (Wildman–Crippen LogP) is 0.662. The molecule has 0 aliphatic heterocycles. The molecule has 1 aromatic heterocycles. The van der Waals surface area contributed by atoms with E-state index in [-0.39, 0.29) is 27.5 Å². The quantitative estimate of drug-likeness (QED) is 0.838. The van der Waals surface area contributed by atoms with Gasteiger partial charge in [0.2, 0.25) is 0 Å². The van der Waals surface area contributed by atoms with Crippen LogP contribution in [0.5, 0.6) is 0 Å². The fourth-order valence-electron chi connectivity index (χ4n) is 1.29. The summed E-state index contributed by atoms with van der Waals surface area (Å²) in [6.45, 7) is 2.45. The minimum absolute atomic E-state index is 0.0719. The van der Waals surface area contributed by atoms with Crippen LogP contribution in [-0.2, 0) is 9.53 Å². The molecule has 0 unspecified atom stereocenters. The summed E-state index contributed by atoms with van der Waals surface area (Å²) >= 11 is -0.0803. The molecule has 0 aliphatic rings. The molecule has 2 rings (SSSR count). The normalized spacial score (nSPS) is 10.6. The first-order valence-electron chi connectivity index (χ1n) is 4.90. The van der Waals surface area contributed by atoms with Crippen molar-refractivity contribution in [3.05, 3.63) is 18.2 Å². The van der Waals surface area contributed by atoms with E-state index in [1.165, 1.54) is 0 Å². The van der Waals surface area contributed by atoms with E-state index >= 15 is 0 Å². The van der Waals surface area contributed by atoms with Gasteiger partial charge in [0.05, 0.1) is 0 Å². The van der Waals surface area contributed by atoms with Crippen LogP contribution in [0.15, 0.2) is 18.2 Å². The molecule has 1 aromatic carbocycles. The Balaban J connectivity index is 2.14. The molecule has 0 saturated carbocycles. The summed E-state index contributed by atoms with van der Waals surface area (Å²) in [6.07, 6.45) is 0. The van der Waals surface area contributed by atoms with E-state index in [0.717, 1.165) is 11.0 Å². The number of carbonyl (C=O) groups is 1. The van der Waals surface area contributed by atoms with Gasteiger partial charge in [0.15, 0.2) is 0 Å². The van der Waals surface area contributed by atoms with Gasteiger partial charge >= 0.3 is 98.7 Å². The number of aromatic nitrogens is 2. The number of hydrogen-bond donors (Lipinski definition) is 1. The van der Waals surface area contributed by atoms with Crippen molar-refractivity contribution in [3.8, 4) is 0 Å². The van der Waals surface area contributed by atoms with Crippen LogP contribution in [0.3, 0.4) is 0 Å². The topological polar surface area (TPSA) is 64.1 Å². The average molecular weight is 284 g/mol. The summed E-state index contributed by atoms with van der Waals surface area (Å²) in [7, 11) is 0. The van der Waals surface area contributed by atoms with Gasteiger partial charge in [-0.05, 0) is 0 Å². The zero-order chi connectivity index (χ0) is 11.4. The van der Waals surface area contributed by atoms with Crippen LogP contribution >= 0.6 is 0 Å². The van der Waals surface area contributed by atoms with E-state index in [0.29, 0.717) is 12.3 Å². The molecule has 0 saturated heterocycles. The Morgan fingerprint density at radius 3 is 3.19 bits per heavy atom. The Morgan fingerprint density at radius 2 is 2.38 bits per heavy atom. The van der Waals surface area contributed by atoms with Crippen LogP contribution in [0.4, 0.5) is 5.69 Å². The molecule has 0 bridgehead atoms. The van der Waals surface area contributed by atoms with Crippen LogP contribution in [0.2, 0.25) is 0 Å². The number of nitrogens with one attached hydrogen (secondary N) is 1. The van der Waals surface area contributed by atoms with E-state index in [2.05, 4.69) is 13.3 Å². The van der Waals surface area contributed by atoms with Gasteiger partial charge in [0.1, 0.15) is 0 Å². The number of fused-ring (bicyclic) bond motifs is 1. The van der Waals surface area contributed by atoms with Crippen LogP contribution in [0, 0.1) is 0 Å². The fraction of sp³-hybridized carbons (Fsp3) is 0.300. The Kier molecular flexibility index (Phi) is 3.66. The monoisotopic (exact) mass is 285 g/mol. The van der Waals surface area contributed by atoms with Gasteiger partial charge < -0.3 is 0 Å². The summed E-state index contributed by atoms with van der Waals surface area (Å²) in [5, 5.41) is 2.77. The minimum atomic E-state index is -0.162. The molecule has 0 aliphatic carbocycles. The molecule has 0 atom stereocenters. The molecular formula is C10H11N3O2Se. The predicted molar refractivity (Wildman–Crippen MR) is 61.6 cm³/mol. The summed E-state index contributed by atoms with van der Waals surface area (Å²) in [6, 6.07) is 5.57. The molecule has 0 fully saturated rings. The summed E-state index contributed by atoms with van der Waals surface area (Å²) in [5.74, 6) is -0.162. The van der Waals surface area contributed by atoms with E-state index in [9.17, 15) is 4.79 Å². The number of amides is 1. The Labute approximate surface area is 99.0 Å². The first-order valence-corrected chi connectivity index (χ1v) is 6.43. The van der Waals surface area contributed by atoms with E-state index in [1.807, 2.05) is 25.1 Å². The van der Waals surface area contributed by atoms with Crippen molar-refractivity contribution in [2.75, 3.05) is 18.5 Å². The zero-order valence-corrected chi connectivity index (χ0v) is 10.5. The number of nitrogens with zero attached hydrogens (tertiary/aromatic N) is 2. The molecule has 1 amide bonds.